The third-order valence-corrected chi connectivity index (χ3v) is 6.05. The lowest BCUT2D eigenvalue weighted by atomic mass is 10.3. The quantitative estimate of drug-likeness (QED) is 0.636. The van der Waals surface area contributed by atoms with Crippen LogP contribution in [0.25, 0.3) is 11.0 Å². The van der Waals surface area contributed by atoms with Gasteiger partial charge in [0.2, 0.25) is 0 Å². The highest BCUT2D eigenvalue weighted by molar-refractivity contribution is 7.89. The topological polar surface area (TPSA) is 96.0 Å². The number of hydrogen-bond donors (Lipinski definition) is 0. The van der Waals surface area contributed by atoms with Crippen LogP contribution in [0.15, 0.2) is 38.9 Å². The number of rotatable bonds is 4. The predicted molar refractivity (Wildman–Crippen MR) is 103 cm³/mol. The van der Waals surface area contributed by atoms with Crippen LogP contribution >= 0.6 is 11.6 Å². The molecule has 11 heteroatoms. The van der Waals surface area contributed by atoms with E-state index in [1.54, 1.807) is 27.7 Å². The molecule has 0 saturated carbocycles. The van der Waals surface area contributed by atoms with Gasteiger partial charge in [-0.3, -0.25) is 13.9 Å². The lowest BCUT2D eigenvalue weighted by Gasteiger charge is -2.15. The molecule has 0 bridgehead atoms. The van der Waals surface area contributed by atoms with E-state index >= 15 is 0 Å². The van der Waals surface area contributed by atoms with Crippen molar-refractivity contribution in [3.8, 4) is 0 Å². The van der Waals surface area contributed by atoms with Gasteiger partial charge in [-0.05, 0) is 45.9 Å². The SMILES string of the molecule is CC(C)n1c(=O)c2cn(S(=O)(=O)c3ccc(F)c(Cl)c3)nc2n(C(C)C)c1=O. The molecular formula is C17H18ClFN4O4S. The van der Waals surface area contributed by atoms with Crippen LogP contribution in [0, 0.1) is 5.82 Å². The van der Waals surface area contributed by atoms with Crippen LogP contribution < -0.4 is 11.2 Å². The van der Waals surface area contributed by atoms with E-state index in [1.165, 1.54) is 4.57 Å². The summed E-state index contributed by atoms with van der Waals surface area (Å²) in [7, 11) is -4.25. The molecule has 0 radical (unpaired) electrons. The molecule has 2 aromatic heterocycles. The second-order valence-corrected chi connectivity index (χ2v) is 9.04. The molecule has 2 heterocycles. The van der Waals surface area contributed by atoms with Crippen LogP contribution in [0.3, 0.4) is 0 Å². The van der Waals surface area contributed by atoms with Crippen molar-refractivity contribution < 1.29 is 12.8 Å². The van der Waals surface area contributed by atoms with Gasteiger partial charge in [-0.2, -0.15) is 12.5 Å². The number of benzene rings is 1. The average Bonchev–Trinajstić information content (AvgIpc) is 3.02. The Hall–Kier alpha value is -2.46. The molecular weight excluding hydrogens is 411 g/mol. The molecule has 0 fully saturated rings. The molecule has 150 valence electrons. The van der Waals surface area contributed by atoms with Crippen LogP contribution in [-0.4, -0.2) is 26.7 Å². The maximum absolute atomic E-state index is 13.4. The molecule has 0 unspecified atom stereocenters. The van der Waals surface area contributed by atoms with Crippen molar-refractivity contribution in [1.29, 1.82) is 0 Å². The Morgan fingerprint density at radius 3 is 2.21 bits per heavy atom. The third kappa shape index (κ3) is 3.06. The second kappa shape index (κ2) is 6.85. The third-order valence-electron chi connectivity index (χ3n) is 4.23. The normalized spacial score (nSPS) is 12.4. The van der Waals surface area contributed by atoms with Crippen LogP contribution in [0.2, 0.25) is 5.02 Å². The van der Waals surface area contributed by atoms with Gasteiger partial charge in [0.15, 0.2) is 5.65 Å². The molecule has 0 N–H and O–H groups in total. The molecule has 8 nitrogen and oxygen atoms in total. The van der Waals surface area contributed by atoms with Crippen LogP contribution in [-0.2, 0) is 10.0 Å². The Morgan fingerprint density at radius 2 is 1.68 bits per heavy atom. The van der Waals surface area contributed by atoms with Gasteiger partial charge >= 0.3 is 5.69 Å². The van der Waals surface area contributed by atoms with Gasteiger partial charge in [0, 0.05) is 12.1 Å². The minimum Gasteiger partial charge on any atom is -0.273 e. The largest absolute Gasteiger partial charge is 0.333 e. The van der Waals surface area contributed by atoms with Crippen molar-refractivity contribution >= 4 is 32.7 Å². The van der Waals surface area contributed by atoms with Crippen molar-refractivity contribution in [2.75, 3.05) is 0 Å². The van der Waals surface area contributed by atoms with Gasteiger partial charge in [-0.15, -0.1) is 5.10 Å². The molecule has 0 spiro atoms. The Bertz CT molecular complexity index is 1310. The second-order valence-electron chi connectivity index (χ2n) is 6.84. The maximum atomic E-state index is 13.4. The fraction of sp³-hybridized carbons (Fsp3) is 0.353. The zero-order chi connectivity index (χ0) is 21.0. The van der Waals surface area contributed by atoms with Crippen LogP contribution in [0.4, 0.5) is 4.39 Å². The molecule has 0 aliphatic heterocycles. The van der Waals surface area contributed by atoms with Crippen molar-refractivity contribution in [2.45, 2.75) is 44.7 Å². The molecule has 3 rings (SSSR count). The lowest BCUT2D eigenvalue weighted by Crippen LogP contribution is -2.41. The lowest BCUT2D eigenvalue weighted by molar-refractivity contribution is 0.486. The maximum Gasteiger partial charge on any atom is 0.333 e. The minimum atomic E-state index is -4.25. The fourth-order valence-corrected chi connectivity index (χ4v) is 4.28. The van der Waals surface area contributed by atoms with E-state index in [0.29, 0.717) is 4.09 Å². The minimum absolute atomic E-state index is 0.0150. The first-order chi connectivity index (χ1) is 13.0. The van der Waals surface area contributed by atoms with Gasteiger partial charge in [-0.1, -0.05) is 11.6 Å². The van der Waals surface area contributed by atoms with Crippen LogP contribution in [0.5, 0.6) is 0 Å². The number of nitrogens with zero attached hydrogens (tertiary/aromatic N) is 4. The first-order valence-corrected chi connectivity index (χ1v) is 10.3. The molecule has 0 atom stereocenters. The molecule has 0 aliphatic carbocycles. The number of aromatic nitrogens is 4. The molecule has 28 heavy (non-hydrogen) atoms. The summed E-state index contributed by atoms with van der Waals surface area (Å²) in [6, 6.07) is 2.14. The molecule has 0 amide bonds. The van der Waals surface area contributed by atoms with Crippen molar-refractivity contribution in [3.05, 3.63) is 56.1 Å². The van der Waals surface area contributed by atoms with Gasteiger partial charge in [0.25, 0.3) is 15.6 Å². The predicted octanol–water partition coefficient (Wildman–Crippen LogP) is 2.55. The highest BCUT2D eigenvalue weighted by Gasteiger charge is 2.25. The Labute approximate surface area is 164 Å². The Kier molecular flexibility index (Phi) is 4.96. The summed E-state index contributed by atoms with van der Waals surface area (Å²) < 4.78 is 42.1. The molecule has 0 aliphatic rings. The molecule has 1 aromatic carbocycles. The van der Waals surface area contributed by atoms with Gasteiger partial charge in [-0.25, -0.2) is 9.18 Å². The van der Waals surface area contributed by atoms with Gasteiger partial charge < -0.3 is 0 Å². The zero-order valence-corrected chi connectivity index (χ0v) is 17.1. The van der Waals surface area contributed by atoms with E-state index < -0.39 is 33.1 Å². The van der Waals surface area contributed by atoms with Crippen molar-refractivity contribution in [2.24, 2.45) is 0 Å². The van der Waals surface area contributed by atoms with Gasteiger partial charge in [0.05, 0.1) is 16.1 Å². The summed E-state index contributed by atoms with van der Waals surface area (Å²) in [6.45, 7) is 6.81. The molecule has 3 aromatic rings. The first-order valence-electron chi connectivity index (χ1n) is 8.43. The number of hydrogen-bond acceptors (Lipinski definition) is 5. The highest BCUT2D eigenvalue weighted by atomic mass is 35.5. The first kappa shape index (κ1) is 20.3. The average molecular weight is 429 g/mol. The van der Waals surface area contributed by atoms with Gasteiger partial charge in [0.1, 0.15) is 11.2 Å². The Balaban J connectivity index is 2.37. The zero-order valence-electron chi connectivity index (χ0n) is 15.6. The standard InChI is InChI=1S/C17H18ClFN4O4S/c1-9(2)22-15-12(16(24)23(10(3)4)17(22)25)8-21(20-15)28(26,27)11-5-6-14(19)13(18)7-11/h5-10H,1-4H3. The molecule has 0 saturated heterocycles. The summed E-state index contributed by atoms with van der Waals surface area (Å²) in [4.78, 5) is 25.2. The monoisotopic (exact) mass is 428 g/mol. The van der Waals surface area contributed by atoms with Crippen molar-refractivity contribution in [1.82, 2.24) is 18.3 Å². The number of fused-ring (bicyclic) bond motifs is 1. The van der Waals surface area contributed by atoms with E-state index in [2.05, 4.69) is 5.10 Å². The summed E-state index contributed by atoms with van der Waals surface area (Å²) in [5.41, 5.74) is -1.25. The summed E-state index contributed by atoms with van der Waals surface area (Å²) in [5.74, 6) is -0.764. The highest BCUT2D eigenvalue weighted by Crippen LogP contribution is 2.22. The summed E-state index contributed by atoms with van der Waals surface area (Å²) >= 11 is 5.69. The van der Waals surface area contributed by atoms with E-state index in [0.717, 1.165) is 29.0 Å². The van der Waals surface area contributed by atoms with Crippen molar-refractivity contribution in [3.63, 3.8) is 0 Å². The van der Waals surface area contributed by atoms with E-state index in [-0.39, 0.29) is 27.0 Å². The fourth-order valence-electron chi connectivity index (χ4n) is 2.89. The van der Waals surface area contributed by atoms with E-state index in [9.17, 15) is 22.4 Å². The van der Waals surface area contributed by atoms with E-state index in [1.807, 2.05) is 0 Å². The van der Waals surface area contributed by atoms with E-state index in [4.69, 9.17) is 11.6 Å². The van der Waals surface area contributed by atoms with Crippen LogP contribution in [0.1, 0.15) is 39.8 Å². The summed E-state index contributed by atoms with van der Waals surface area (Å²) in [5, 5.41) is 3.62. The Morgan fingerprint density at radius 1 is 1.07 bits per heavy atom. The smallest absolute Gasteiger partial charge is 0.273 e. The number of halogens is 2. The summed E-state index contributed by atoms with van der Waals surface area (Å²) in [6.07, 6.45) is 1.06.